The van der Waals surface area contributed by atoms with Crippen LogP contribution < -0.4 is 10.6 Å². The van der Waals surface area contributed by atoms with E-state index in [1.807, 2.05) is 12.1 Å². The van der Waals surface area contributed by atoms with Crippen molar-refractivity contribution in [3.63, 3.8) is 0 Å². The highest BCUT2D eigenvalue weighted by Gasteiger charge is 2.37. The van der Waals surface area contributed by atoms with Gasteiger partial charge in [-0.3, -0.25) is 4.79 Å². The van der Waals surface area contributed by atoms with Crippen LogP contribution in [-0.2, 0) is 11.3 Å². The Balaban J connectivity index is 1.94. The molecule has 0 radical (unpaired) electrons. The van der Waals surface area contributed by atoms with Crippen LogP contribution in [0.1, 0.15) is 31.9 Å². The Morgan fingerprint density at radius 1 is 1.50 bits per heavy atom. The molecule has 1 aromatic heterocycles. The summed E-state index contributed by atoms with van der Waals surface area (Å²) in [4.78, 5) is 12.3. The van der Waals surface area contributed by atoms with E-state index in [9.17, 15) is 4.79 Å². The van der Waals surface area contributed by atoms with Crippen LogP contribution >= 0.6 is 0 Å². The van der Waals surface area contributed by atoms with Crippen LogP contribution in [0.4, 0.5) is 0 Å². The molecule has 0 aliphatic carbocycles. The molecule has 5 nitrogen and oxygen atoms in total. The number of piperidine rings is 1. The molecule has 0 saturated carbocycles. The zero-order chi connectivity index (χ0) is 12.8. The molecule has 1 aliphatic heterocycles. The van der Waals surface area contributed by atoms with E-state index in [1.165, 1.54) is 0 Å². The van der Waals surface area contributed by atoms with Gasteiger partial charge in [-0.25, -0.2) is 0 Å². The van der Waals surface area contributed by atoms with E-state index in [0.717, 1.165) is 38.0 Å². The van der Waals surface area contributed by atoms with E-state index in [1.54, 1.807) is 6.20 Å². The van der Waals surface area contributed by atoms with Gasteiger partial charge in [0.1, 0.15) is 0 Å². The van der Waals surface area contributed by atoms with Crippen molar-refractivity contribution < 1.29 is 4.79 Å². The van der Waals surface area contributed by atoms with Gasteiger partial charge < -0.3 is 10.6 Å². The summed E-state index contributed by atoms with van der Waals surface area (Å²) in [5.74, 6) is 0.150. The third-order valence-corrected chi connectivity index (χ3v) is 3.78. The Kier molecular flexibility index (Phi) is 4.25. The highest BCUT2D eigenvalue weighted by molar-refractivity contribution is 5.82. The quantitative estimate of drug-likeness (QED) is 0.830. The molecule has 2 N–H and O–H groups in total. The first kappa shape index (κ1) is 13.0. The van der Waals surface area contributed by atoms with Gasteiger partial charge in [0.15, 0.2) is 0 Å². The molecule has 98 valence electrons. The molecule has 1 fully saturated rings. The maximum Gasteiger partial charge on any atom is 0.226 e. The topological polar surface area (TPSA) is 66.9 Å². The van der Waals surface area contributed by atoms with E-state index in [0.29, 0.717) is 6.54 Å². The molecule has 0 aromatic carbocycles. The lowest BCUT2D eigenvalue weighted by Crippen LogP contribution is -2.47. The summed E-state index contributed by atoms with van der Waals surface area (Å²) in [5, 5.41) is 14.1. The maximum atomic E-state index is 12.3. The van der Waals surface area contributed by atoms with Crippen molar-refractivity contribution in [2.24, 2.45) is 5.41 Å². The number of carbonyl (C=O) groups is 1. The second-order valence-electron chi connectivity index (χ2n) is 4.78. The number of rotatable bonds is 4. The summed E-state index contributed by atoms with van der Waals surface area (Å²) in [5.41, 5.74) is 0.596. The maximum absolute atomic E-state index is 12.3. The summed E-state index contributed by atoms with van der Waals surface area (Å²) in [6.45, 7) is 4.40. The number of hydrogen-bond donors (Lipinski definition) is 2. The molecule has 2 rings (SSSR count). The zero-order valence-electron chi connectivity index (χ0n) is 10.8. The normalized spacial score (nSPS) is 18.3. The minimum atomic E-state index is -0.201. The van der Waals surface area contributed by atoms with Crippen molar-refractivity contribution in [2.45, 2.75) is 32.7 Å². The monoisotopic (exact) mass is 248 g/mol. The van der Waals surface area contributed by atoms with Crippen molar-refractivity contribution in [1.82, 2.24) is 20.8 Å². The fraction of sp³-hybridized carbons (Fsp3) is 0.615. The molecule has 0 spiro atoms. The fourth-order valence-electron chi connectivity index (χ4n) is 2.43. The van der Waals surface area contributed by atoms with Gasteiger partial charge in [0.25, 0.3) is 0 Å². The first-order valence-corrected chi connectivity index (χ1v) is 6.52. The molecule has 0 atom stereocenters. The average Bonchev–Trinajstić information content (AvgIpc) is 2.46. The SMILES string of the molecule is CCC1(C(=O)NCc2cccnn2)CCNCC1. The Morgan fingerprint density at radius 3 is 2.89 bits per heavy atom. The van der Waals surface area contributed by atoms with E-state index in [-0.39, 0.29) is 11.3 Å². The molecule has 1 amide bonds. The average molecular weight is 248 g/mol. The second-order valence-corrected chi connectivity index (χ2v) is 4.78. The summed E-state index contributed by atoms with van der Waals surface area (Å²) >= 11 is 0. The standard InChI is InChI=1S/C13H20N4O/c1-2-13(5-8-14-9-6-13)12(18)15-10-11-4-3-7-16-17-11/h3-4,7,14H,2,5-6,8-10H2,1H3,(H,15,18). The lowest BCUT2D eigenvalue weighted by atomic mass is 9.76. The highest BCUT2D eigenvalue weighted by atomic mass is 16.2. The van der Waals surface area contributed by atoms with Crippen LogP contribution in [0.5, 0.6) is 0 Å². The summed E-state index contributed by atoms with van der Waals surface area (Å²) in [7, 11) is 0. The molecule has 18 heavy (non-hydrogen) atoms. The largest absolute Gasteiger partial charge is 0.350 e. The molecule has 0 unspecified atom stereocenters. The third-order valence-electron chi connectivity index (χ3n) is 3.78. The van der Waals surface area contributed by atoms with Crippen LogP contribution in [-0.4, -0.2) is 29.2 Å². The minimum Gasteiger partial charge on any atom is -0.350 e. The Labute approximate surface area is 107 Å². The number of nitrogens with one attached hydrogen (secondary N) is 2. The Morgan fingerprint density at radius 2 is 2.28 bits per heavy atom. The van der Waals surface area contributed by atoms with Gasteiger partial charge in [0.05, 0.1) is 17.7 Å². The number of aromatic nitrogens is 2. The number of carbonyl (C=O) groups excluding carboxylic acids is 1. The molecular formula is C13H20N4O. The number of amides is 1. The second kappa shape index (κ2) is 5.91. The first-order valence-electron chi connectivity index (χ1n) is 6.52. The molecule has 1 saturated heterocycles. The van der Waals surface area contributed by atoms with Crippen molar-refractivity contribution in [1.29, 1.82) is 0 Å². The zero-order valence-corrected chi connectivity index (χ0v) is 10.8. The fourth-order valence-corrected chi connectivity index (χ4v) is 2.43. The highest BCUT2D eigenvalue weighted by Crippen LogP contribution is 2.32. The number of hydrogen-bond acceptors (Lipinski definition) is 4. The summed E-state index contributed by atoms with van der Waals surface area (Å²) in [6, 6.07) is 3.70. The van der Waals surface area contributed by atoms with E-state index in [2.05, 4.69) is 27.8 Å². The van der Waals surface area contributed by atoms with Crippen molar-refractivity contribution in [3.8, 4) is 0 Å². The predicted octanol–water partition coefficient (Wildman–Crippen LogP) is 0.873. The minimum absolute atomic E-state index is 0.150. The predicted molar refractivity (Wildman–Crippen MR) is 68.7 cm³/mol. The molecule has 2 heterocycles. The summed E-state index contributed by atoms with van der Waals surface area (Å²) in [6.07, 6.45) is 4.35. The van der Waals surface area contributed by atoms with Crippen LogP contribution in [0.2, 0.25) is 0 Å². The van der Waals surface area contributed by atoms with Gasteiger partial charge in [0.2, 0.25) is 5.91 Å². The lowest BCUT2D eigenvalue weighted by Gasteiger charge is -2.35. The van der Waals surface area contributed by atoms with Gasteiger partial charge in [-0.1, -0.05) is 6.92 Å². The van der Waals surface area contributed by atoms with Crippen LogP contribution in [0.15, 0.2) is 18.3 Å². The summed E-state index contributed by atoms with van der Waals surface area (Å²) < 4.78 is 0. The van der Waals surface area contributed by atoms with Crippen molar-refractivity contribution >= 4 is 5.91 Å². The van der Waals surface area contributed by atoms with Gasteiger partial charge in [-0.05, 0) is 44.5 Å². The van der Waals surface area contributed by atoms with E-state index in [4.69, 9.17) is 0 Å². The molecule has 5 heteroatoms. The van der Waals surface area contributed by atoms with Crippen LogP contribution in [0, 0.1) is 5.41 Å². The smallest absolute Gasteiger partial charge is 0.226 e. The van der Waals surface area contributed by atoms with Crippen molar-refractivity contribution in [2.75, 3.05) is 13.1 Å². The Bertz CT molecular complexity index is 387. The van der Waals surface area contributed by atoms with Crippen LogP contribution in [0.3, 0.4) is 0 Å². The van der Waals surface area contributed by atoms with Crippen molar-refractivity contribution in [3.05, 3.63) is 24.0 Å². The van der Waals surface area contributed by atoms with Crippen LogP contribution in [0.25, 0.3) is 0 Å². The lowest BCUT2D eigenvalue weighted by molar-refractivity contribution is -0.133. The van der Waals surface area contributed by atoms with E-state index < -0.39 is 0 Å². The third kappa shape index (κ3) is 2.85. The van der Waals surface area contributed by atoms with E-state index >= 15 is 0 Å². The van der Waals surface area contributed by atoms with Gasteiger partial charge in [-0.15, -0.1) is 0 Å². The molecular weight excluding hydrogens is 228 g/mol. The molecule has 1 aromatic rings. The van der Waals surface area contributed by atoms with Gasteiger partial charge in [-0.2, -0.15) is 10.2 Å². The molecule has 0 bridgehead atoms. The Hall–Kier alpha value is -1.49. The van der Waals surface area contributed by atoms with Gasteiger partial charge in [0, 0.05) is 6.20 Å². The molecule has 1 aliphatic rings. The first-order chi connectivity index (χ1) is 8.77. The van der Waals surface area contributed by atoms with Gasteiger partial charge >= 0.3 is 0 Å². The number of nitrogens with zero attached hydrogens (tertiary/aromatic N) is 2.